The summed E-state index contributed by atoms with van der Waals surface area (Å²) >= 11 is 1.09. The molecule has 27 heavy (non-hydrogen) atoms. The monoisotopic (exact) mass is 410 g/mol. The van der Waals surface area contributed by atoms with E-state index in [9.17, 15) is 22.8 Å². The maximum absolute atomic E-state index is 12.5. The zero-order valence-electron chi connectivity index (χ0n) is 14.6. The standard InChI is InChI=1S/C17H18N2O6S2/c1-3-25-17(22)19-15(21)13-8-9-26-16(13)18-14(20)11-6-5-7-12(10-11)27(23,24)4-2/h5-10H,3-4H2,1-2H3,(H,18,20)(H,19,21,22). The van der Waals surface area contributed by atoms with Gasteiger partial charge in [0.2, 0.25) is 0 Å². The van der Waals surface area contributed by atoms with Gasteiger partial charge in [-0.25, -0.2) is 13.2 Å². The van der Waals surface area contributed by atoms with Crippen molar-refractivity contribution in [2.45, 2.75) is 18.7 Å². The molecule has 1 aromatic carbocycles. The van der Waals surface area contributed by atoms with E-state index in [1.165, 1.54) is 37.3 Å². The summed E-state index contributed by atoms with van der Waals surface area (Å²) < 4.78 is 28.6. The van der Waals surface area contributed by atoms with Crippen LogP contribution in [0, 0.1) is 0 Å². The number of hydrogen-bond acceptors (Lipinski definition) is 7. The third-order valence-electron chi connectivity index (χ3n) is 3.46. The number of hydrogen-bond donors (Lipinski definition) is 2. The molecule has 0 saturated heterocycles. The fourth-order valence-corrected chi connectivity index (χ4v) is 3.79. The summed E-state index contributed by atoms with van der Waals surface area (Å²) in [5, 5.41) is 6.42. The number of anilines is 1. The molecular weight excluding hydrogens is 392 g/mol. The van der Waals surface area contributed by atoms with E-state index in [1.807, 2.05) is 5.32 Å². The molecule has 0 aliphatic rings. The van der Waals surface area contributed by atoms with Crippen LogP contribution < -0.4 is 10.6 Å². The Balaban J connectivity index is 2.18. The zero-order valence-corrected chi connectivity index (χ0v) is 16.3. The Bertz CT molecular complexity index is 965. The van der Waals surface area contributed by atoms with Crippen LogP contribution in [0.1, 0.15) is 34.6 Å². The Hall–Kier alpha value is -2.72. The molecule has 0 bridgehead atoms. The maximum atomic E-state index is 12.5. The quantitative estimate of drug-likeness (QED) is 0.756. The lowest BCUT2D eigenvalue weighted by atomic mass is 10.2. The van der Waals surface area contributed by atoms with Gasteiger partial charge in [0.15, 0.2) is 9.84 Å². The lowest BCUT2D eigenvalue weighted by molar-refractivity contribution is 0.0926. The summed E-state index contributed by atoms with van der Waals surface area (Å²) in [6, 6.07) is 7.09. The number of benzene rings is 1. The first-order chi connectivity index (χ1) is 12.8. The molecule has 0 aliphatic heterocycles. The van der Waals surface area contributed by atoms with Gasteiger partial charge < -0.3 is 10.1 Å². The first-order valence-corrected chi connectivity index (χ1v) is 10.5. The number of carbonyl (C=O) groups excluding carboxylic acids is 3. The lowest BCUT2D eigenvalue weighted by Gasteiger charge is -2.08. The van der Waals surface area contributed by atoms with Crippen LogP contribution >= 0.6 is 11.3 Å². The highest BCUT2D eigenvalue weighted by atomic mass is 32.2. The fourth-order valence-electron chi connectivity index (χ4n) is 2.08. The first kappa shape index (κ1) is 20.6. The predicted molar refractivity (Wildman–Crippen MR) is 101 cm³/mol. The van der Waals surface area contributed by atoms with Crippen LogP contribution in [0.3, 0.4) is 0 Å². The average Bonchev–Trinajstić information content (AvgIpc) is 3.10. The number of ether oxygens (including phenoxy) is 1. The predicted octanol–water partition coefficient (Wildman–Crippen LogP) is 2.68. The molecule has 0 radical (unpaired) electrons. The molecule has 1 aromatic heterocycles. The molecule has 0 spiro atoms. The molecule has 144 valence electrons. The summed E-state index contributed by atoms with van der Waals surface area (Å²) in [6.07, 6.45) is -0.886. The van der Waals surface area contributed by atoms with Gasteiger partial charge in [0, 0.05) is 5.56 Å². The van der Waals surface area contributed by atoms with Crippen molar-refractivity contribution in [1.29, 1.82) is 0 Å². The van der Waals surface area contributed by atoms with E-state index in [4.69, 9.17) is 0 Å². The topological polar surface area (TPSA) is 119 Å². The lowest BCUT2D eigenvalue weighted by Crippen LogP contribution is -2.31. The van der Waals surface area contributed by atoms with Gasteiger partial charge >= 0.3 is 6.09 Å². The van der Waals surface area contributed by atoms with Gasteiger partial charge in [-0.2, -0.15) is 0 Å². The minimum Gasteiger partial charge on any atom is -0.450 e. The Morgan fingerprint density at radius 3 is 2.52 bits per heavy atom. The fraction of sp³-hybridized carbons (Fsp3) is 0.235. The van der Waals surface area contributed by atoms with Crippen molar-refractivity contribution in [3.05, 3.63) is 46.8 Å². The molecule has 2 rings (SSSR count). The van der Waals surface area contributed by atoms with Gasteiger partial charge in [-0.3, -0.25) is 14.9 Å². The van der Waals surface area contributed by atoms with E-state index < -0.39 is 27.7 Å². The minimum atomic E-state index is -3.45. The van der Waals surface area contributed by atoms with Gasteiger partial charge in [-0.05, 0) is 36.6 Å². The molecule has 8 nitrogen and oxygen atoms in total. The summed E-state index contributed by atoms with van der Waals surface area (Å²) in [5.74, 6) is -1.37. The molecule has 0 fully saturated rings. The van der Waals surface area contributed by atoms with Gasteiger partial charge in [0.25, 0.3) is 11.8 Å². The van der Waals surface area contributed by atoms with E-state index in [1.54, 1.807) is 12.3 Å². The van der Waals surface area contributed by atoms with E-state index >= 15 is 0 Å². The Morgan fingerprint density at radius 1 is 1.11 bits per heavy atom. The molecular formula is C17H18N2O6S2. The highest BCUT2D eigenvalue weighted by Gasteiger charge is 2.19. The number of carbonyl (C=O) groups is 3. The van der Waals surface area contributed by atoms with Crippen molar-refractivity contribution in [3.63, 3.8) is 0 Å². The average molecular weight is 410 g/mol. The number of sulfone groups is 1. The van der Waals surface area contributed by atoms with E-state index in [2.05, 4.69) is 10.1 Å². The summed E-state index contributed by atoms with van der Waals surface area (Å²) in [4.78, 5) is 36.0. The van der Waals surface area contributed by atoms with Crippen LogP contribution in [0.15, 0.2) is 40.6 Å². The Morgan fingerprint density at radius 2 is 1.85 bits per heavy atom. The van der Waals surface area contributed by atoms with Crippen molar-refractivity contribution in [1.82, 2.24) is 5.32 Å². The van der Waals surface area contributed by atoms with E-state index in [0.29, 0.717) is 0 Å². The maximum Gasteiger partial charge on any atom is 0.414 e. The number of thiophene rings is 1. The van der Waals surface area contributed by atoms with Crippen LogP contribution in [0.4, 0.5) is 9.80 Å². The molecule has 2 aromatic rings. The third-order valence-corrected chi connectivity index (χ3v) is 6.03. The molecule has 0 atom stereocenters. The van der Waals surface area contributed by atoms with Crippen molar-refractivity contribution in [2.75, 3.05) is 17.7 Å². The number of alkyl carbamates (subject to hydrolysis) is 1. The second kappa shape index (κ2) is 8.78. The second-order valence-corrected chi connectivity index (χ2v) is 8.42. The van der Waals surface area contributed by atoms with Crippen molar-refractivity contribution in [2.24, 2.45) is 0 Å². The van der Waals surface area contributed by atoms with Crippen molar-refractivity contribution >= 4 is 44.1 Å². The number of nitrogens with one attached hydrogen (secondary N) is 2. The summed E-state index contributed by atoms with van der Waals surface area (Å²) in [6.45, 7) is 3.23. The van der Waals surface area contributed by atoms with Crippen LogP contribution in [0.25, 0.3) is 0 Å². The second-order valence-electron chi connectivity index (χ2n) is 5.22. The van der Waals surface area contributed by atoms with Crippen molar-refractivity contribution < 1.29 is 27.5 Å². The number of imide groups is 1. The van der Waals surface area contributed by atoms with Gasteiger partial charge in [0.05, 0.1) is 22.8 Å². The van der Waals surface area contributed by atoms with Crippen LogP contribution in [0.2, 0.25) is 0 Å². The Labute approximate surface area is 160 Å². The van der Waals surface area contributed by atoms with E-state index in [0.717, 1.165) is 11.3 Å². The Kier molecular flexibility index (Phi) is 6.70. The van der Waals surface area contributed by atoms with Crippen LogP contribution in [-0.4, -0.2) is 38.7 Å². The van der Waals surface area contributed by atoms with Crippen molar-refractivity contribution in [3.8, 4) is 0 Å². The normalized spacial score (nSPS) is 10.9. The highest BCUT2D eigenvalue weighted by Crippen LogP contribution is 2.24. The number of amides is 3. The largest absolute Gasteiger partial charge is 0.450 e. The molecule has 1 heterocycles. The highest BCUT2D eigenvalue weighted by molar-refractivity contribution is 7.91. The minimum absolute atomic E-state index is 0.0455. The zero-order chi connectivity index (χ0) is 20.0. The molecule has 0 aliphatic carbocycles. The summed E-state index contributed by atoms with van der Waals surface area (Å²) in [7, 11) is -3.45. The summed E-state index contributed by atoms with van der Waals surface area (Å²) in [5.41, 5.74) is 0.230. The molecule has 0 unspecified atom stereocenters. The number of rotatable bonds is 6. The molecule has 10 heteroatoms. The third kappa shape index (κ3) is 5.14. The van der Waals surface area contributed by atoms with E-state index in [-0.39, 0.29) is 33.4 Å². The van der Waals surface area contributed by atoms with Crippen LogP contribution in [0.5, 0.6) is 0 Å². The SMILES string of the molecule is CCOC(=O)NC(=O)c1ccsc1NC(=O)c1cccc(S(=O)(=O)CC)c1. The first-order valence-electron chi connectivity index (χ1n) is 7.98. The molecule has 0 saturated carbocycles. The molecule has 3 amide bonds. The van der Waals surface area contributed by atoms with Gasteiger partial charge in [-0.1, -0.05) is 13.0 Å². The van der Waals surface area contributed by atoms with Gasteiger partial charge in [0.1, 0.15) is 5.00 Å². The smallest absolute Gasteiger partial charge is 0.414 e. The van der Waals surface area contributed by atoms with Crippen LogP contribution in [-0.2, 0) is 14.6 Å². The van der Waals surface area contributed by atoms with Gasteiger partial charge in [-0.15, -0.1) is 11.3 Å². The molecule has 2 N–H and O–H groups in total.